The molecule has 8 nitrogen and oxygen atoms in total. The van der Waals surface area contributed by atoms with E-state index in [-0.39, 0.29) is 28.9 Å². The normalized spacial score (nSPS) is 18.4. The Morgan fingerprint density at radius 1 is 1.31 bits per heavy atom. The Labute approximate surface area is 196 Å². The summed E-state index contributed by atoms with van der Waals surface area (Å²) >= 11 is 6.45. The number of pyridine rings is 1. The lowest BCUT2D eigenvalue weighted by atomic mass is 9.95. The molecule has 0 spiro atoms. The van der Waals surface area contributed by atoms with Crippen molar-refractivity contribution in [2.24, 2.45) is 5.92 Å². The van der Waals surface area contributed by atoms with Crippen molar-refractivity contribution in [1.29, 1.82) is 5.26 Å². The van der Waals surface area contributed by atoms with Crippen LogP contribution in [-0.4, -0.2) is 52.4 Å². The lowest BCUT2D eigenvalue weighted by Gasteiger charge is -2.35. The van der Waals surface area contributed by atoms with E-state index in [1.807, 2.05) is 13.0 Å². The monoisotopic (exact) mass is 474 g/mol. The Bertz CT molecular complexity index is 1090. The van der Waals surface area contributed by atoms with Crippen LogP contribution in [0.4, 0.5) is 5.82 Å². The molecule has 0 atom stereocenters. The highest BCUT2D eigenvalue weighted by atomic mass is 32.2. The molecule has 0 N–H and O–H groups in total. The van der Waals surface area contributed by atoms with Crippen molar-refractivity contribution < 1.29 is 14.3 Å². The van der Waals surface area contributed by atoms with Gasteiger partial charge in [-0.25, -0.2) is 0 Å². The third kappa shape index (κ3) is 4.32. The molecule has 0 radical (unpaired) electrons. The van der Waals surface area contributed by atoms with Crippen LogP contribution >= 0.6 is 24.0 Å². The third-order valence-corrected chi connectivity index (χ3v) is 7.32. The highest BCUT2D eigenvalue weighted by Gasteiger charge is 2.32. The molecule has 32 heavy (non-hydrogen) atoms. The topological polar surface area (TPSA) is 95.6 Å². The molecule has 3 heterocycles. The number of amides is 1. The number of thiocarbonyl (C=S) groups is 1. The van der Waals surface area contributed by atoms with Crippen molar-refractivity contribution in [3.05, 3.63) is 31.9 Å². The fourth-order valence-corrected chi connectivity index (χ4v) is 5.20. The van der Waals surface area contributed by atoms with Gasteiger partial charge in [-0.3, -0.25) is 23.9 Å². The molecule has 2 fully saturated rings. The molecule has 0 bridgehead atoms. The molecule has 0 saturated carbocycles. The summed E-state index contributed by atoms with van der Waals surface area (Å²) < 4.78 is 7.20. The van der Waals surface area contributed by atoms with Gasteiger partial charge in [0.25, 0.3) is 11.5 Å². The molecular weight excluding hydrogens is 448 g/mol. The maximum absolute atomic E-state index is 13.0. The van der Waals surface area contributed by atoms with Crippen LogP contribution < -0.4 is 10.5 Å². The van der Waals surface area contributed by atoms with Gasteiger partial charge in [-0.05, 0) is 45.3 Å². The van der Waals surface area contributed by atoms with Crippen LogP contribution in [0, 0.1) is 24.2 Å². The van der Waals surface area contributed by atoms with E-state index in [4.69, 9.17) is 17.0 Å². The van der Waals surface area contributed by atoms with Crippen LogP contribution in [0.25, 0.3) is 6.08 Å². The van der Waals surface area contributed by atoms with Gasteiger partial charge in [0, 0.05) is 32.2 Å². The highest BCUT2D eigenvalue weighted by Crippen LogP contribution is 2.36. The van der Waals surface area contributed by atoms with E-state index in [0.717, 1.165) is 0 Å². The van der Waals surface area contributed by atoms with Gasteiger partial charge < -0.3 is 9.64 Å². The molecule has 10 heteroatoms. The van der Waals surface area contributed by atoms with Gasteiger partial charge in [0.2, 0.25) is 0 Å². The third-order valence-electron chi connectivity index (χ3n) is 5.84. The lowest BCUT2D eigenvalue weighted by molar-refractivity contribution is -0.148. The van der Waals surface area contributed by atoms with Gasteiger partial charge in [0.1, 0.15) is 21.8 Å². The first-order chi connectivity index (χ1) is 15.2. The number of aromatic nitrogens is 1. The fourth-order valence-electron chi connectivity index (χ4n) is 4.04. The number of piperidine rings is 1. The van der Waals surface area contributed by atoms with Crippen molar-refractivity contribution in [2.75, 3.05) is 31.6 Å². The van der Waals surface area contributed by atoms with Crippen LogP contribution in [-0.2, 0) is 20.9 Å². The minimum absolute atomic E-state index is 0.0650. The number of hydrogen-bond acceptors (Lipinski definition) is 8. The Kier molecular flexibility index (Phi) is 7.41. The quantitative estimate of drug-likeness (QED) is 0.365. The molecule has 2 saturated heterocycles. The number of rotatable bonds is 5. The van der Waals surface area contributed by atoms with E-state index in [2.05, 4.69) is 4.90 Å². The number of likely N-dealkylation sites (N-methyl/N-ethyl adjacent to an activating group) is 1. The van der Waals surface area contributed by atoms with Gasteiger partial charge in [-0.1, -0.05) is 24.0 Å². The second-order valence-corrected chi connectivity index (χ2v) is 9.33. The highest BCUT2D eigenvalue weighted by molar-refractivity contribution is 8.26. The Balaban J connectivity index is 2.11. The van der Waals surface area contributed by atoms with E-state index in [1.165, 1.54) is 16.7 Å². The van der Waals surface area contributed by atoms with E-state index in [9.17, 15) is 19.6 Å². The largest absolute Gasteiger partial charge is 0.466 e. The Morgan fingerprint density at radius 3 is 2.47 bits per heavy atom. The summed E-state index contributed by atoms with van der Waals surface area (Å²) in [5.74, 6) is 0.0898. The van der Waals surface area contributed by atoms with Gasteiger partial charge in [-0.2, -0.15) is 5.26 Å². The standard InChI is InChI=1S/C22H26N4O4S2/c1-5-26-18(25-9-7-14(8-10-25)21(29)30-6-2)15(13(3)16(12-23)19(26)27)11-17-20(28)24(4)22(31)32-17/h11,14H,5-10H2,1-4H3. The first-order valence-electron chi connectivity index (χ1n) is 10.6. The fraction of sp³-hybridized carbons (Fsp3) is 0.500. The summed E-state index contributed by atoms with van der Waals surface area (Å²) in [7, 11) is 1.63. The second kappa shape index (κ2) is 9.88. The van der Waals surface area contributed by atoms with Crippen LogP contribution in [0.1, 0.15) is 43.4 Å². The molecule has 1 aromatic rings. The molecule has 170 valence electrons. The molecule has 1 amide bonds. The van der Waals surface area contributed by atoms with E-state index < -0.39 is 0 Å². The smallest absolute Gasteiger partial charge is 0.309 e. The number of carbonyl (C=O) groups is 2. The number of ether oxygens (including phenoxy) is 1. The summed E-state index contributed by atoms with van der Waals surface area (Å²) in [6.07, 6.45) is 2.94. The van der Waals surface area contributed by atoms with E-state index >= 15 is 0 Å². The van der Waals surface area contributed by atoms with Crippen molar-refractivity contribution >= 4 is 52.1 Å². The zero-order valence-corrected chi connectivity index (χ0v) is 20.3. The zero-order chi connectivity index (χ0) is 23.6. The predicted molar refractivity (Wildman–Crippen MR) is 128 cm³/mol. The first kappa shape index (κ1) is 24.0. The van der Waals surface area contributed by atoms with Gasteiger partial charge >= 0.3 is 5.97 Å². The van der Waals surface area contributed by atoms with Crippen molar-refractivity contribution in [1.82, 2.24) is 9.47 Å². The number of nitrogens with zero attached hydrogens (tertiary/aromatic N) is 4. The van der Waals surface area contributed by atoms with E-state index in [0.29, 0.717) is 65.3 Å². The molecule has 0 unspecified atom stereocenters. The Hall–Kier alpha value is -2.64. The van der Waals surface area contributed by atoms with Gasteiger partial charge in [0.15, 0.2) is 0 Å². The molecule has 1 aromatic heterocycles. The van der Waals surface area contributed by atoms with Crippen LogP contribution in [0.3, 0.4) is 0 Å². The number of anilines is 1. The predicted octanol–water partition coefficient (Wildman–Crippen LogP) is 2.66. The SMILES string of the molecule is CCOC(=O)C1CCN(c2c(C=C3SC(=S)N(C)C3=O)c(C)c(C#N)c(=O)n2CC)CC1. The van der Waals surface area contributed by atoms with Crippen LogP contribution in [0.2, 0.25) is 0 Å². The number of esters is 1. The number of nitriles is 1. The number of carbonyl (C=O) groups excluding carboxylic acids is 2. The number of thioether (sulfide) groups is 1. The Morgan fingerprint density at radius 2 is 1.97 bits per heavy atom. The lowest BCUT2D eigenvalue weighted by Crippen LogP contribution is -2.41. The van der Waals surface area contributed by atoms with Gasteiger partial charge in [0.05, 0.1) is 17.4 Å². The summed E-state index contributed by atoms with van der Waals surface area (Å²) in [6, 6.07) is 2.03. The van der Waals surface area contributed by atoms with Crippen LogP contribution in [0.15, 0.2) is 9.70 Å². The maximum Gasteiger partial charge on any atom is 0.309 e. The summed E-state index contributed by atoms with van der Waals surface area (Å²) in [4.78, 5) is 41.8. The molecule has 0 aromatic carbocycles. The van der Waals surface area contributed by atoms with Crippen molar-refractivity contribution in [2.45, 2.75) is 40.2 Å². The summed E-state index contributed by atoms with van der Waals surface area (Å²) in [5, 5.41) is 9.64. The minimum Gasteiger partial charge on any atom is -0.466 e. The van der Waals surface area contributed by atoms with Crippen LogP contribution in [0.5, 0.6) is 0 Å². The van der Waals surface area contributed by atoms with Crippen molar-refractivity contribution in [3.63, 3.8) is 0 Å². The first-order valence-corrected chi connectivity index (χ1v) is 11.8. The zero-order valence-electron chi connectivity index (χ0n) is 18.6. The molecule has 2 aliphatic rings. The average molecular weight is 475 g/mol. The second-order valence-electron chi connectivity index (χ2n) is 7.65. The summed E-state index contributed by atoms with van der Waals surface area (Å²) in [5.41, 5.74) is 0.906. The average Bonchev–Trinajstić information content (AvgIpc) is 3.02. The molecule has 3 rings (SSSR count). The molecule has 2 aliphatic heterocycles. The van der Waals surface area contributed by atoms with E-state index in [1.54, 1.807) is 31.5 Å². The van der Waals surface area contributed by atoms with Crippen molar-refractivity contribution in [3.8, 4) is 6.07 Å². The molecule has 0 aliphatic carbocycles. The van der Waals surface area contributed by atoms with Gasteiger partial charge in [-0.15, -0.1) is 0 Å². The summed E-state index contributed by atoms with van der Waals surface area (Å²) in [6.45, 7) is 7.21. The maximum atomic E-state index is 13.0. The minimum atomic E-state index is -0.352. The molecular formula is C22H26N4O4S2. The number of hydrogen-bond donors (Lipinski definition) is 0.